The van der Waals surface area contributed by atoms with Crippen LogP contribution < -0.4 is 5.32 Å². The van der Waals surface area contributed by atoms with Gasteiger partial charge < -0.3 is 14.4 Å². The Balaban J connectivity index is 1.32. The van der Waals surface area contributed by atoms with Gasteiger partial charge in [-0.1, -0.05) is 41.6 Å². The predicted octanol–water partition coefficient (Wildman–Crippen LogP) is 4.33. The number of hydrogen-bond acceptors (Lipinski definition) is 4. The van der Waals surface area contributed by atoms with Gasteiger partial charge >= 0.3 is 0 Å². The predicted molar refractivity (Wildman–Crippen MR) is 110 cm³/mol. The molecule has 1 amide bonds. The van der Waals surface area contributed by atoms with Crippen molar-refractivity contribution in [2.45, 2.75) is 25.8 Å². The average molecular weight is 384 g/mol. The van der Waals surface area contributed by atoms with Crippen LogP contribution in [0.2, 0.25) is 0 Å². The van der Waals surface area contributed by atoms with Gasteiger partial charge in [0.25, 0.3) is 5.89 Å². The minimum atomic E-state index is -0.0943. The van der Waals surface area contributed by atoms with Crippen molar-refractivity contribution in [1.82, 2.24) is 14.7 Å². The Hall–Kier alpha value is -3.67. The molecule has 0 atom stereocenters. The SMILES string of the molecule is O=C(Cn1cccc1-c1nc(-c2ccccc2)no1)Nc1ccc2c(c1)CCC2. The van der Waals surface area contributed by atoms with Crippen LogP contribution in [-0.4, -0.2) is 20.6 Å². The van der Waals surface area contributed by atoms with Gasteiger partial charge in [-0.15, -0.1) is 0 Å². The first-order chi connectivity index (χ1) is 14.3. The van der Waals surface area contributed by atoms with E-state index in [9.17, 15) is 4.79 Å². The van der Waals surface area contributed by atoms with Crippen molar-refractivity contribution < 1.29 is 9.32 Å². The Morgan fingerprint density at radius 2 is 1.90 bits per heavy atom. The third-order valence-corrected chi connectivity index (χ3v) is 5.20. The zero-order valence-corrected chi connectivity index (χ0v) is 15.8. The van der Waals surface area contributed by atoms with Gasteiger partial charge in [0.15, 0.2) is 0 Å². The number of fused-ring (bicyclic) bond motifs is 1. The number of hydrogen-bond donors (Lipinski definition) is 1. The fourth-order valence-electron chi connectivity index (χ4n) is 3.78. The van der Waals surface area contributed by atoms with Crippen LogP contribution in [0.1, 0.15) is 17.5 Å². The molecule has 0 bridgehead atoms. The molecule has 144 valence electrons. The molecule has 6 heteroatoms. The molecule has 0 fully saturated rings. The summed E-state index contributed by atoms with van der Waals surface area (Å²) in [5, 5.41) is 7.06. The second-order valence-corrected chi connectivity index (χ2v) is 7.20. The highest BCUT2D eigenvalue weighted by atomic mass is 16.5. The quantitative estimate of drug-likeness (QED) is 0.556. The summed E-state index contributed by atoms with van der Waals surface area (Å²) in [6, 6.07) is 19.6. The monoisotopic (exact) mass is 384 g/mol. The summed E-state index contributed by atoms with van der Waals surface area (Å²) >= 11 is 0. The zero-order valence-electron chi connectivity index (χ0n) is 15.8. The van der Waals surface area contributed by atoms with E-state index in [0.29, 0.717) is 17.4 Å². The van der Waals surface area contributed by atoms with Crippen LogP contribution in [0, 0.1) is 0 Å². The number of nitrogens with one attached hydrogen (secondary N) is 1. The van der Waals surface area contributed by atoms with Crippen molar-refractivity contribution in [3.05, 3.63) is 78.0 Å². The molecule has 0 saturated heterocycles. The first-order valence-corrected chi connectivity index (χ1v) is 9.72. The Bertz CT molecular complexity index is 1160. The molecule has 1 aliphatic carbocycles. The molecule has 0 saturated carbocycles. The fourth-order valence-corrected chi connectivity index (χ4v) is 3.78. The third-order valence-electron chi connectivity index (χ3n) is 5.20. The van der Waals surface area contributed by atoms with E-state index in [1.165, 1.54) is 17.5 Å². The van der Waals surface area contributed by atoms with Crippen molar-refractivity contribution in [3.8, 4) is 23.0 Å². The lowest BCUT2D eigenvalue weighted by Crippen LogP contribution is -2.19. The van der Waals surface area contributed by atoms with Crippen LogP contribution in [0.25, 0.3) is 23.0 Å². The van der Waals surface area contributed by atoms with Crippen LogP contribution in [0.3, 0.4) is 0 Å². The van der Waals surface area contributed by atoms with Crippen LogP contribution in [0.5, 0.6) is 0 Å². The lowest BCUT2D eigenvalue weighted by atomic mass is 10.1. The van der Waals surface area contributed by atoms with Crippen molar-refractivity contribution in [3.63, 3.8) is 0 Å². The first-order valence-electron chi connectivity index (χ1n) is 9.72. The second-order valence-electron chi connectivity index (χ2n) is 7.20. The molecule has 0 aliphatic heterocycles. The third kappa shape index (κ3) is 3.57. The Morgan fingerprint density at radius 1 is 1.03 bits per heavy atom. The van der Waals surface area contributed by atoms with E-state index in [2.05, 4.69) is 27.6 Å². The van der Waals surface area contributed by atoms with E-state index in [0.717, 1.165) is 24.1 Å². The highest BCUT2D eigenvalue weighted by Crippen LogP contribution is 2.25. The maximum atomic E-state index is 12.6. The van der Waals surface area contributed by atoms with Crippen LogP contribution in [-0.2, 0) is 24.2 Å². The Morgan fingerprint density at radius 3 is 2.79 bits per heavy atom. The Kier molecular flexibility index (Phi) is 4.44. The largest absolute Gasteiger partial charge is 0.334 e. The maximum absolute atomic E-state index is 12.6. The molecule has 0 unspecified atom stereocenters. The molecule has 0 spiro atoms. The second kappa shape index (κ2) is 7.39. The van der Waals surface area contributed by atoms with Crippen molar-refractivity contribution in [2.24, 2.45) is 0 Å². The van der Waals surface area contributed by atoms with Crippen LogP contribution in [0.4, 0.5) is 5.69 Å². The molecule has 29 heavy (non-hydrogen) atoms. The highest BCUT2D eigenvalue weighted by molar-refractivity contribution is 5.91. The fraction of sp³-hybridized carbons (Fsp3) is 0.174. The van der Waals surface area contributed by atoms with Crippen LogP contribution >= 0.6 is 0 Å². The number of carbonyl (C=O) groups excluding carboxylic acids is 1. The van der Waals surface area contributed by atoms with E-state index in [1.807, 2.05) is 59.3 Å². The topological polar surface area (TPSA) is 73.0 Å². The number of benzene rings is 2. The van der Waals surface area contributed by atoms with E-state index in [-0.39, 0.29) is 12.5 Å². The van der Waals surface area contributed by atoms with Gasteiger partial charge in [0.1, 0.15) is 12.2 Å². The summed E-state index contributed by atoms with van der Waals surface area (Å²) in [4.78, 5) is 17.1. The summed E-state index contributed by atoms with van der Waals surface area (Å²) < 4.78 is 7.25. The molecule has 0 radical (unpaired) electrons. The van der Waals surface area contributed by atoms with Gasteiger partial charge in [-0.05, 0) is 54.7 Å². The number of rotatable bonds is 5. The standard InChI is InChI=1S/C23H20N4O2/c28-21(24-19-12-11-16-8-4-9-18(16)14-19)15-27-13-5-10-20(27)23-25-22(26-29-23)17-6-2-1-3-7-17/h1-3,5-7,10-14H,4,8-9,15H2,(H,24,28). The highest BCUT2D eigenvalue weighted by Gasteiger charge is 2.16. The lowest BCUT2D eigenvalue weighted by Gasteiger charge is -2.09. The number of nitrogens with zero attached hydrogens (tertiary/aromatic N) is 3. The van der Waals surface area contributed by atoms with Gasteiger partial charge in [0, 0.05) is 17.4 Å². The summed E-state index contributed by atoms with van der Waals surface area (Å²) in [5.41, 5.74) is 5.16. The van der Waals surface area contributed by atoms with Crippen molar-refractivity contribution >= 4 is 11.6 Å². The van der Waals surface area contributed by atoms with E-state index >= 15 is 0 Å². The zero-order chi connectivity index (χ0) is 19.6. The summed E-state index contributed by atoms with van der Waals surface area (Å²) in [7, 11) is 0. The van der Waals surface area contributed by atoms with E-state index in [1.54, 1.807) is 0 Å². The summed E-state index contributed by atoms with van der Waals surface area (Å²) in [6.07, 6.45) is 5.24. The van der Waals surface area contributed by atoms with E-state index < -0.39 is 0 Å². The number of anilines is 1. The molecule has 6 nitrogen and oxygen atoms in total. The Labute approximate surface area is 168 Å². The smallest absolute Gasteiger partial charge is 0.274 e. The van der Waals surface area contributed by atoms with E-state index in [4.69, 9.17) is 4.52 Å². The molecule has 4 aromatic rings. The molecule has 5 rings (SSSR count). The molecule has 1 aliphatic rings. The lowest BCUT2D eigenvalue weighted by molar-refractivity contribution is -0.116. The molecule has 2 heterocycles. The number of amides is 1. The summed E-state index contributed by atoms with van der Waals surface area (Å²) in [5.74, 6) is 0.818. The maximum Gasteiger partial charge on any atom is 0.274 e. The van der Waals surface area contributed by atoms with Crippen LogP contribution in [0.15, 0.2) is 71.4 Å². The molecule has 2 aromatic carbocycles. The van der Waals surface area contributed by atoms with Gasteiger partial charge in [-0.25, -0.2) is 0 Å². The van der Waals surface area contributed by atoms with Crippen molar-refractivity contribution in [1.29, 1.82) is 0 Å². The summed E-state index contributed by atoms with van der Waals surface area (Å²) in [6.45, 7) is 0.169. The first kappa shape index (κ1) is 17.4. The minimum absolute atomic E-state index is 0.0943. The normalized spacial score (nSPS) is 12.7. The molecule has 1 N–H and O–H groups in total. The molecule has 2 aromatic heterocycles. The van der Waals surface area contributed by atoms with Gasteiger partial charge in [0.05, 0.1) is 0 Å². The number of aromatic nitrogens is 3. The molecular weight excluding hydrogens is 364 g/mol. The number of aryl methyl sites for hydroxylation is 2. The van der Waals surface area contributed by atoms with Gasteiger partial charge in [-0.2, -0.15) is 4.98 Å². The average Bonchev–Trinajstić information content (AvgIpc) is 3.48. The van der Waals surface area contributed by atoms with Gasteiger partial charge in [0.2, 0.25) is 11.7 Å². The number of carbonyl (C=O) groups is 1. The van der Waals surface area contributed by atoms with Gasteiger partial charge in [-0.3, -0.25) is 4.79 Å². The van der Waals surface area contributed by atoms with Crippen molar-refractivity contribution in [2.75, 3.05) is 5.32 Å². The minimum Gasteiger partial charge on any atom is -0.334 e. The molecular formula is C23H20N4O2.